The Morgan fingerprint density at radius 1 is 0.912 bits per heavy atom. The third-order valence-electron chi connectivity index (χ3n) is 5.60. The van der Waals surface area contributed by atoms with Crippen molar-refractivity contribution < 1.29 is 27.9 Å². The van der Waals surface area contributed by atoms with Gasteiger partial charge in [-0.3, -0.25) is 9.59 Å². The zero-order valence-electron chi connectivity index (χ0n) is 18.9. The fourth-order valence-corrected chi connectivity index (χ4v) is 4.72. The lowest BCUT2D eigenvalue weighted by Gasteiger charge is -2.24. The number of amides is 2. The molecule has 0 bridgehead atoms. The van der Waals surface area contributed by atoms with E-state index in [9.17, 15) is 22.8 Å². The van der Waals surface area contributed by atoms with Crippen LogP contribution in [0.1, 0.15) is 29.8 Å². The number of carbonyl (C=O) groups excluding carboxylic acids is 2. The molecule has 0 saturated heterocycles. The van der Waals surface area contributed by atoms with Gasteiger partial charge in [-0.05, 0) is 60.9 Å². The molecule has 0 aliphatic heterocycles. The first-order valence-corrected chi connectivity index (χ1v) is 12.3. The van der Waals surface area contributed by atoms with Gasteiger partial charge in [0.2, 0.25) is 11.8 Å². The van der Waals surface area contributed by atoms with Gasteiger partial charge in [0, 0.05) is 13.1 Å². The van der Waals surface area contributed by atoms with Crippen molar-refractivity contribution in [2.75, 3.05) is 13.1 Å². The molecule has 3 rings (SSSR count). The average Bonchev–Trinajstić information content (AvgIpc) is 2.82. The Labute approximate surface area is 198 Å². The number of carbonyl (C=O) groups is 3. The van der Waals surface area contributed by atoms with Crippen molar-refractivity contribution >= 4 is 38.6 Å². The second kappa shape index (κ2) is 10.5. The number of nitrogens with zero attached hydrogens (tertiary/aromatic N) is 1. The zero-order valence-corrected chi connectivity index (χ0v) is 19.7. The summed E-state index contributed by atoms with van der Waals surface area (Å²) in [5, 5.41) is 10.6. The first-order valence-electron chi connectivity index (χ1n) is 10.8. The van der Waals surface area contributed by atoms with Crippen molar-refractivity contribution in [2.45, 2.75) is 25.2 Å². The third-order valence-corrected chi connectivity index (χ3v) is 6.94. The highest BCUT2D eigenvalue weighted by atomic mass is 32.2. The van der Waals surface area contributed by atoms with Crippen LogP contribution in [0.15, 0.2) is 71.6 Å². The summed E-state index contributed by atoms with van der Waals surface area (Å²) in [6, 6.07) is 17.5. The van der Waals surface area contributed by atoms with Crippen LogP contribution in [-0.4, -0.2) is 49.3 Å². The number of sulfonamides is 1. The predicted molar refractivity (Wildman–Crippen MR) is 128 cm³/mol. The molecule has 178 valence electrons. The Morgan fingerprint density at radius 2 is 1.53 bits per heavy atom. The lowest BCUT2D eigenvalue weighted by molar-refractivity contribution is -0.141. The molecule has 0 saturated carbocycles. The molecule has 3 aromatic rings. The minimum atomic E-state index is -4.23. The zero-order chi connectivity index (χ0) is 24.9. The molecule has 3 aromatic carbocycles. The van der Waals surface area contributed by atoms with Crippen molar-refractivity contribution in [3.05, 3.63) is 77.9 Å². The summed E-state index contributed by atoms with van der Waals surface area (Å²) in [7, 11) is -4.23. The quantitative estimate of drug-likeness (QED) is 0.452. The number of hydrogen-bond donors (Lipinski definition) is 2. The van der Waals surface area contributed by atoms with E-state index < -0.39 is 33.7 Å². The molecule has 9 heteroatoms. The van der Waals surface area contributed by atoms with Gasteiger partial charge in [0.15, 0.2) is 0 Å². The summed E-state index contributed by atoms with van der Waals surface area (Å²) in [5.74, 6) is -3.83. The number of benzene rings is 3. The van der Waals surface area contributed by atoms with E-state index in [1.54, 1.807) is 32.0 Å². The predicted octanol–water partition coefficient (Wildman–Crippen LogP) is 3.07. The van der Waals surface area contributed by atoms with Crippen LogP contribution in [-0.2, 0) is 26.0 Å². The first-order chi connectivity index (χ1) is 16.2. The molecular formula is C25H26N2O6S. The SMILES string of the molecule is CCN(CC)C(=O)C(Cc1ccc(C(=O)O)cc1)C(=O)NS(=O)(=O)c1ccc2ccccc2c1. The van der Waals surface area contributed by atoms with Crippen LogP contribution in [0.4, 0.5) is 0 Å². The van der Waals surface area contributed by atoms with Gasteiger partial charge in [-0.1, -0.05) is 42.5 Å². The Hall–Kier alpha value is -3.72. The van der Waals surface area contributed by atoms with Gasteiger partial charge in [0.25, 0.3) is 10.0 Å². The molecule has 0 fully saturated rings. The standard InChI is InChI=1S/C25H26N2O6S/c1-3-27(4-2)24(29)22(15-17-9-11-19(12-10-17)25(30)31)23(28)26-34(32,33)21-14-13-18-7-5-6-8-20(18)16-21/h5-14,16,22H,3-4,15H2,1-2H3,(H,26,28)(H,30,31). The van der Waals surface area contributed by atoms with E-state index in [1.807, 2.05) is 12.1 Å². The van der Waals surface area contributed by atoms with E-state index in [4.69, 9.17) is 5.11 Å². The Morgan fingerprint density at radius 3 is 2.12 bits per heavy atom. The highest BCUT2D eigenvalue weighted by molar-refractivity contribution is 7.90. The topological polar surface area (TPSA) is 121 Å². The second-order valence-electron chi connectivity index (χ2n) is 7.75. The fourth-order valence-electron chi connectivity index (χ4n) is 3.66. The van der Waals surface area contributed by atoms with E-state index in [0.29, 0.717) is 24.0 Å². The maximum atomic E-state index is 13.1. The highest BCUT2D eigenvalue weighted by Gasteiger charge is 2.33. The van der Waals surface area contributed by atoms with Crippen LogP contribution in [0.3, 0.4) is 0 Å². The molecule has 0 aromatic heterocycles. The molecule has 0 heterocycles. The Balaban J connectivity index is 1.89. The number of aromatic carboxylic acids is 1. The van der Waals surface area contributed by atoms with Gasteiger partial charge in [0.05, 0.1) is 10.5 Å². The molecule has 1 atom stereocenters. The maximum Gasteiger partial charge on any atom is 0.335 e. The third kappa shape index (κ3) is 5.60. The largest absolute Gasteiger partial charge is 0.478 e. The smallest absolute Gasteiger partial charge is 0.335 e. The molecule has 0 aliphatic rings. The highest BCUT2D eigenvalue weighted by Crippen LogP contribution is 2.20. The van der Waals surface area contributed by atoms with Gasteiger partial charge in [0.1, 0.15) is 5.92 Å². The lowest BCUT2D eigenvalue weighted by atomic mass is 9.96. The molecule has 34 heavy (non-hydrogen) atoms. The van der Waals surface area contributed by atoms with Crippen LogP contribution in [0.25, 0.3) is 10.8 Å². The number of carboxylic acid groups (broad SMARTS) is 1. The summed E-state index contributed by atoms with van der Waals surface area (Å²) < 4.78 is 28.0. The molecule has 2 amide bonds. The van der Waals surface area contributed by atoms with Gasteiger partial charge < -0.3 is 10.0 Å². The first kappa shape index (κ1) is 24.9. The molecule has 0 radical (unpaired) electrons. The van der Waals surface area contributed by atoms with Crippen LogP contribution in [0.2, 0.25) is 0 Å². The molecule has 0 aliphatic carbocycles. The summed E-state index contributed by atoms with van der Waals surface area (Å²) >= 11 is 0. The van der Waals surface area contributed by atoms with Crippen LogP contribution in [0, 0.1) is 5.92 Å². The van der Waals surface area contributed by atoms with E-state index >= 15 is 0 Å². The molecule has 2 N–H and O–H groups in total. The number of carboxylic acids is 1. The average molecular weight is 483 g/mol. The van der Waals surface area contributed by atoms with E-state index in [-0.39, 0.29) is 16.9 Å². The molecule has 1 unspecified atom stereocenters. The van der Waals surface area contributed by atoms with E-state index in [0.717, 1.165) is 5.39 Å². The van der Waals surface area contributed by atoms with Gasteiger partial charge in [-0.2, -0.15) is 0 Å². The van der Waals surface area contributed by atoms with Crippen molar-refractivity contribution in [3.63, 3.8) is 0 Å². The normalized spacial score (nSPS) is 12.2. The summed E-state index contributed by atoms with van der Waals surface area (Å²) in [5.41, 5.74) is 0.604. The number of rotatable bonds is 9. The summed E-state index contributed by atoms with van der Waals surface area (Å²) in [4.78, 5) is 38.7. The van der Waals surface area contributed by atoms with Crippen LogP contribution in [0.5, 0.6) is 0 Å². The van der Waals surface area contributed by atoms with E-state index in [2.05, 4.69) is 4.72 Å². The van der Waals surface area contributed by atoms with Crippen molar-refractivity contribution in [3.8, 4) is 0 Å². The summed E-state index contributed by atoms with van der Waals surface area (Å²) in [6.07, 6.45) is -0.0751. The van der Waals surface area contributed by atoms with Crippen molar-refractivity contribution in [1.29, 1.82) is 0 Å². The van der Waals surface area contributed by atoms with Crippen LogP contribution < -0.4 is 4.72 Å². The Kier molecular flexibility index (Phi) is 7.68. The summed E-state index contributed by atoms with van der Waals surface area (Å²) in [6.45, 7) is 4.25. The van der Waals surface area contributed by atoms with Gasteiger partial charge in [-0.25, -0.2) is 17.9 Å². The molecule has 8 nitrogen and oxygen atoms in total. The van der Waals surface area contributed by atoms with Gasteiger partial charge >= 0.3 is 5.97 Å². The minimum absolute atomic E-state index is 0.0682. The minimum Gasteiger partial charge on any atom is -0.478 e. The molecular weight excluding hydrogens is 456 g/mol. The number of nitrogens with one attached hydrogen (secondary N) is 1. The van der Waals surface area contributed by atoms with Crippen molar-refractivity contribution in [2.24, 2.45) is 5.92 Å². The number of hydrogen-bond acceptors (Lipinski definition) is 5. The maximum absolute atomic E-state index is 13.1. The lowest BCUT2D eigenvalue weighted by Crippen LogP contribution is -2.46. The number of fused-ring (bicyclic) bond motifs is 1. The van der Waals surface area contributed by atoms with Crippen molar-refractivity contribution in [1.82, 2.24) is 9.62 Å². The molecule has 0 spiro atoms. The fraction of sp³-hybridized carbons (Fsp3) is 0.240. The Bertz CT molecular complexity index is 1310. The van der Waals surface area contributed by atoms with Gasteiger partial charge in [-0.15, -0.1) is 0 Å². The van der Waals surface area contributed by atoms with E-state index in [1.165, 1.54) is 41.3 Å². The van der Waals surface area contributed by atoms with Crippen LogP contribution >= 0.6 is 0 Å². The monoisotopic (exact) mass is 482 g/mol. The second-order valence-corrected chi connectivity index (χ2v) is 9.43.